The summed E-state index contributed by atoms with van der Waals surface area (Å²) >= 11 is 0. The zero-order chi connectivity index (χ0) is 29.1. The quantitative estimate of drug-likeness (QED) is 0.177. The molecule has 0 bridgehead atoms. The number of carboxylic acids is 1. The van der Waals surface area contributed by atoms with Gasteiger partial charge in [0.25, 0.3) is 0 Å². The molecule has 0 saturated carbocycles. The fourth-order valence-electron chi connectivity index (χ4n) is 5.99. The highest BCUT2D eigenvalue weighted by Crippen LogP contribution is 2.47. The average molecular weight is 563 g/mol. The van der Waals surface area contributed by atoms with Crippen LogP contribution < -0.4 is 5.32 Å². The average Bonchev–Trinajstić information content (AvgIpc) is 3.50. The number of nitrogens with zero attached hydrogens (tertiary/aromatic N) is 1. The number of ether oxygens (including phenoxy) is 2. The van der Waals surface area contributed by atoms with Crippen LogP contribution in [0, 0.1) is 0 Å². The Hall–Kier alpha value is -5.11. The highest BCUT2D eigenvalue weighted by Gasteiger charge is 2.33. The summed E-state index contributed by atoms with van der Waals surface area (Å²) < 4.78 is 11.2. The van der Waals surface area contributed by atoms with Gasteiger partial charge in [-0.05, 0) is 46.2 Å². The molecule has 42 heavy (non-hydrogen) atoms. The summed E-state index contributed by atoms with van der Waals surface area (Å²) in [4.78, 5) is 38.0. The third kappa shape index (κ3) is 5.31. The molecule has 4 aromatic rings. The second-order valence-corrected chi connectivity index (χ2v) is 10.4. The van der Waals surface area contributed by atoms with Crippen molar-refractivity contribution in [2.24, 2.45) is 0 Å². The Kier molecular flexibility index (Phi) is 7.60. The first-order valence-electron chi connectivity index (χ1n) is 14.0. The second kappa shape index (κ2) is 11.8. The van der Waals surface area contributed by atoms with Crippen molar-refractivity contribution in [3.8, 4) is 22.3 Å². The van der Waals surface area contributed by atoms with E-state index in [1.54, 1.807) is 0 Å². The van der Waals surface area contributed by atoms with E-state index in [0.29, 0.717) is 6.42 Å². The molecule has 0 aromatic heterocycles. The first-order chi connectivity index (χ1) is 20.5. The number of hydrogen-bond donors (Lipinski definition) is 2. The Morgan fingerprint density at radius 2 is 1.19 bits per heavy atom. The Balaban J connectivity index is 1.03. The molecule has 8 heteroatoms. The number of alkyl carbamates (subject to hydrolysis) is 1. The van der Waals surface area contributed by atoms with Crippen LogP contribution in [0.1, 0.15) is 47.1 Å². The molecule has 0 radical (unpaired) electrons. The summed E-state index contributed by atoms with van der Waals surface area (Å²) in [6, 6.07) is 32.0. The molecule has 6 rings (SSSR count). The molecule has 2 aliphatic carbocycles. The molecule has 0 fully saturated rings. The second-order valence-electron chi connectivity index (χ2n) is 10.4. The van der Waals surface area contributed by atoms with Crippen LogP contribution in [0.2, 0.25) is 0 Å². The smallest absolute Gasteiger partial charge is 0.412 e. The third-order valence-electron chi connectivity index (χ3n) is 7.83. The summed E-state index contributed by atoms with van der Waals surface area (Å²) in [6.07, 6.45) is -0.820. The normalized spacial score (nSPS) is 13.0. The SMILES string of the molecule is O=C(O)CN(CNC(=O)OCCCC1c2ccccc2-c2ccccc21)C(=O)OC1c2ccccc2-c2ccccc21. The van der Waals surface area contributed by atoms with Crippen molar-refractivity contribution in [1.82, 2.24) is 10.2 Å². The molecule has 0 aliphatic heterocycles. The number of rotatable bonds is 9. The van der Waals surface area contributed by atoms with E-state index in [0.717, 1.165) is 33.6 Å². The number of benzene rings is 4. The van der Waals surface area contributed by atoms with Crippen LogP contribution in [0.15, 0.2) is 97.1 Å². The van der Waals surface area contributed by atoms with Gasteiger partial charge in [0.15, 0.2) is 6.10 Å². The maximum Gasteiger partial charge on any atom is 0.412 e. The molecular weight excluding hydrogens is 532 g/mol. The van der Waals surface area contributed by atoms with E-state index in [2.05, 4.69) is 29.6 Å². The van der Waals surface area contributed by atoms with Crippen molar-refractivity contribution in [2.75, 3.05) is 19.8 Å². The first-order valence-corrected chi connectivity index (χ1v) is 14.0. The highest BCUT2D eigenvalue weighted by atomic mass is 16.6. The molecule has 8 nitrogen and oxygen atoms in total. The monoisotopic (exact) mass is 562 g/mol. The van der Waals surface area contributed by atoms with E-state index in [4.69, 9.17) is 9.47 Å². The molecule has 2 aliphatic rings. The Morgan fingerprint density at radius 3 is 1.71 bits per heavy atom. The molecule has 2 N–H and O–H groups in total. The lowest BCUT2D eigenvalue weighted by atomic mass is 9.92. The number of amides is 2. The van der Waals surface area contributed by atoms with Crippen molar-refractivity contribution in [1.29, 1.82) is 0 Å². The van der Waals surface area contributed by atoms with Gasteiger partial charge in [0.05, 0.1) is 6.61 Å². The molecule has 0 heterocycles. The van der Waals surface area contributed by atoms with Crippen LogP contribution in [0.3, 0.4) is 0 Å². The van der Waals surface area contributed by atoms with Gasteiger partial charge in [-0.25, -0.2) is 9.59 Å². The minimum atomic E-state index is -1.23. The summed E-state index contributed by atoms with van der Waals surface area (Å²) in [5.41, 5.74) is 8.60. The molecule has 2 amide bonds. The number of aliphatic carboxylic acids is 1. The van der Waals surface area contributed by atoms with Gasteiger partial charge in [-0.2, -0.15) is 0 Å². The molecular formula is C34H30N2O6. The van der Waals surface area contributed by atoms with Crippen LogP contribution in [0.25, 0.3) is 22.3 Å². The van der Waals surface area contributed by atoms with Crippen molar-refractivity contribution in [2.45, 2.75) is 24.9 Å². The predicted octanol–water partition coefficient (Wildman–Crippen LogP) is 6.56. The molecule has 0 saturated heterocycles. The van der Waals surface area contributed by atoms with Crippen molar-refractivity contribution < 1.29 is 29.0 Å². The fourth-order valence-corrected chi connectivity index (χ4v) is 5.99. The maximum absolute atomic E-state index is 13.1. The molecule has 212 valence electrons. The largest absolute Gasteiger partial charge is 0.480 e. The fraction of sp³-hybridized carbons (Fsp3) is 0.206. The zero-order valence-electron chi connectivity index (χ0n) is 22.9. The van der Waals surface area contributed by atoms with Gasteiger partial charge in [0.1, 0.15) is 13.2 Å². The lowest BCUT2D eigenvalue weighted by molar-refractivity contribution is -0.138. The molecule has 0 atom stereocenters. The van der Waals surface area contributed by atoms with Crippen LogP contribution in [0.5, 0.6) is 0 Å². The number of hydrogen-bond acceptors (Lipinski definition) is 5. The van der Waals surface area contributed by atoms with Crippen LogP contribution in [-0.4, -0.2) is 48.0 Å². The topological polar surface area (TPSA) is 105 Å². The highest BCUT2D eigenvalue weighted by molar-refractivity contribution is 5.82. The van der Waals surface area contributed by atoms with E-state index in [1.807, 2.05) is 72.8 Å². The number of fused-ring (bicyclic) bond motifs is 6. The summed E-state index contributed by atoms with van der Waals surface area (Å²) in [7, 11) is 0. The molecule has 0 spiro atoms. The number of carbonyl (C=O) groups is 3. The summed E-state index contributed by atoms with van der Waals surface area (Å²) in [5, 5.41) is 11.9. The van der Waals surface area contributed by atoms with Gasteiger partial charge in [-0.1, -0.05) is 97.1 Å². The van der Waals surface area contributed by atoms with Crippen molar-refractivity contribution in [3.05, 3.63) is 119 Å². The van der Waals surface area contributed by atoms with E-state index in [-0.39, 0.29) is 19.2 Å². The van der Waals surface area contributed by atoms with Gasteiger partial charge < -0.3 is 19.9 Å². The van der Waals surface area contributed by atoms with Crippen molar-refractivity contribution in [3.63, 3.8) is 0 Å². The van der Waals surface area contributed by atoms with Crippen molar-refractivity contribution >= 4 is 18.2 Å². The standard InChI is InChI=1S/C34H30N2O6/c37-31(38)20-36(34(40)42-32-29-16-7-5-14-27(29)28-15-6-8-17-30(28)32)21-35-33(39)41-19-9-18-26-24-12-3-1-10-22(24)23-11-2-4-13-25(23)26/h1-8,10-17,26,32H,9,18-21H2,(H,35,39)(H,37,38). The van der Waals surface area contributed by atoms with Gasteiger partial charge in [0.2, 0.25) is 0 Å². The number of carbonyl (C=O) groups excluding carboxylic acids is 2. The first kappa shape index (κ1) is 27.1. The zero-order valence-corrected chi connectivity index (χ0v) is 22.9. The summed E-state index contributed by atoms with van der Waals surface area (Å²) in [5.74, 6) is -0.998. The van der Waals surface area contributed by atoms with E-state index in [1.165, 1.54) is 22.3 Å². The van der Waals surface area contributed by atoms with E-state index in [9.17, 15) is 19.5 Å². The molecule has 4 aromatic carbocycles. The molecule has 0 unspecified atom stereocenters. The van der Waals surface area contributed by atoms with E-state index < -0.39 is 30.8 Å². The Morgan fingerprint density at radius 1 is 0.714 bits per heavy atom. The Bertz CT molecular complexity index is 1560. The summed E-state index contributed by atoms with van der Waals surface area (Å²) in [6.45, 7) is -0.829. The van der Waals surface area contributed by atoms with Crippen LogP contribution in [0.4, 0.5) is 9.59 Å². The lowest BCUT2D eigenvalue weighted by Crippen LogP contribution is -2.44. The van der Waals surface area contributed by atoms with Gasteiger partial charge in [-0.3, -0.25) is 9.69 Å². The predicted molar refractivity (Wildman–Crippen MR) is 157 cm³/mol. The minimum absolute atomic E-state index is 0.186. The third-order valence-corrected chi connectivity index (χ3v) is 7.83. The number of carboxylic acid groups (broad SMARTS) is 1. The Labute approximate surface area is 243 Å². The van der Waals surface area contributed by atoms with Crippen LogP contribution >= 0.6 is 0 Å². The number of nitrogens with one attached hydrogen (secondary N) is 1. The van der Waals surface area contributed by atoms with Gasteiger partial charge in [-0.15, -0.1) is 0 Å². The minimum Gasteiger partial charge on any atom is -0.480 e. The lowest BCUT2D eigenvalue weighted by Gasteiger charge is -2.23. The van der Waals surface area contributed by atoms with E-state index >= 15 is 0 Å². The van der Waals surface area contributed by atoms with Crippen LogP contribution in [-0.2, 0) is 14.3 Å². The van der Waals surface area contributed by atoms with Gasteiger partial charge >= 0.3 is 18.2 Å². The maximum atomic E-state index is 13.1. The van der Waals surface area contributed by atoms with Gasteiger partial charge in [0, 0.05) is 17.0 Å².